The highest BCUT2D eigenvalue weighted by molar-refractivity contribution is 6.12. The lowest BCUT2D eigenvalue weighted by atomic mass is 9.84. The van der Waals surface area contributed by atoms with Gasteiger partial charge in [-0.25, -0.2) is 4.39 Å². The second kappa shape index (κ2) is 8.17. The fourth-order valence-corrected chi connectivity index (χ4v) is 5.13. The molecule has 2 atom stereocenters. The quantitative estimate of drug-likeness (QED) is 0.309. The molecule has 0 amide bonds. The number of ether oxygens (including phenoxy) is 3. The molecule has 3 aromatic rings. The highest BCUT2D eigenvalue weighted by Crippen LogP contribution is 2.48. The van der Waals surface area contributed by atoms with Crippen LogP contribution in [0.3, 0.4) is 0 Å². The van der Waals surface area contributed by atoms with Crippen LogP contribution in [-0.2, 0) is 11.3 Å². The number of fused-ring (bicyclic) bond motifs is 7. The molecular weight excluding hydrogens is 421 g/mol. The van der Waals surface area contributed by atoms with Crippen LogP contribution in [0, 0.1) is 0 Å². The summed E-state index contributed by atoms with van der Waals surface area (Å²) >= 11 is 0. The third kappa shape index (κ3) is 3.38. The highest BCUT2D eigenvalue weighted by atomic mass is 35.5. The van der Waals surface area contributed by atoms with Crippen LogP contribution in [0.15, 0.2) is 30.3 Å². The molecule has 0 spiro atoms. The summed E-state index contributed by atoms with van der Waals surface area (Å²) in [4.78, 5) is 13.7. The van der Waals surface area contributed by atoms with Crippen LogP contribution in [0.2, 0.25) is 0 Å². The summed E-state index contributed by atoms with van der Waals surface area (Å²) in [6.07, 6.45) is 0.830. The van der Waals surface area contributed by atoms with Crippen molar-refractivity contribution in [3.8, 4) is 17.2 Å². The van der Waals surface area contributed by atoms with E-state index in [-0.39, 0.29) is 24.4 Å². The van der Waals surface area contributed by atoms with E-state index in [9.17, 15) is 4.79 Å². The summed E-state index contributed by atoms with van der Waals surface area (Å²) in [6.45, 7) is 3.01. The first-order valence-electron chi connectivity index (χ1n) is 10.2. The maximum atomic E-state index is 15.8. The van der Waals surface area contributed by atoms with Crippen LogP contribution in [0.5, 0.6) is 17.2 Å². The first-order valence-corrected chi connectivity index (χ1v) is 10.2. The lowest BCUT2D eigenvalue weighted by Gasteiger charge is -2.36. The standard InChI is InChI=1S/C24H24FNO4.ClH/c1-13(27)30-14-6-7-15-16(9-14)17-10-21(28-2)22(29-3)11-18(17)19-12-26-8-4-5-20(26)24(25)23(15)19;/h6-7,9-11,20,24H,4-5,8,12H2,1-3H3;1H/t20?,24-;/m1./s1. The Bertz CT molecular complexity index is 1180. The van der Waals surface area contributed by atoms with Crippen molar-refractivity contribution in [2.45, 2.75) is 38.5 Å². The zero-order valence-corrected chi connectivity index (χ0v) is 18.6. The second-order valence-electron chi connectivity index (χ2n) is 8.03. The third-order valence-corrected chi connectivity index (χ3v) is 6.40. The monoisotopic (exact) mass is 445 g/mol. The SMILES string of the molecule is COc1cc2c3c(c4ccc(OC(C)=O)cc4c2cc1OC)[C@H](F)C1CCCN1C3.Cl. The summed E-state index contributed by atoms with van der Waals surface area (Å²) in [7, 11) is 3.20. The van der Waals surface area contributed by atoms with E-state index in [0.29, 0.717) is 23.8 Å². The number of carbonyl (C=O) groups is 1. The number of alkyl halides is 1. The summed E-state index contributed by atoms with van der Waals surface area (Å²) in [5, 5.41) is 3.58. The number of carbonyl (C=O) groups excluding carboxylic acids is 1. The lowest BCUT2D eigenvalue weighted by molar-refractivity contribution is -0.131. The van der Waals surface area contributed by atoms with Gasteiger partial charge in [-0.1, -0.05) is 6.07 Å². The van der Waals surface area contributed by atoms with Crippen LogP contribution < -0.4 is 14.2 Å². The average molecular weight is 446 g/mol. The molecule has 0 aromatic heterocycles. The average Bonchev–Trinajstić information content (AvgIpc) is 3.21. The van der Waals surface area contributed by atoms with Gasteiger partial charge in [-0.2, -0.15) is 0 Å². The number of esters is 1. The molecule has 0 bridgehead atoms. The number of benzene rings is 3. The van der Waals surface area contributed by atoms with Gasteiger partial charge in [0, 0.05) is 25.1 Å². The first kappa shape index (κ1) is 21.7. The Morgan fingerprint density at radius 2 is 1.71 bits per heavy atom. The van der Waals surface area contributed by atoms with Crippen molar-refractivity contribution in [3.05, 3.63) is 41.5 Å². The van der Waals surface area contributed by atoms with Crippen LogP contribution in [0.1, 0.15) is 37.1 Å². The molecular formula is C24H25ClFNO4. The van der Waals surface area contributed by atoms with Crippen molar-refractivity contribution in [2.24, 2.45) is 0 Å². The number of hydrogen-bond acceptors (Lipinski definition) is 5. The summed E-state index contributed by atoms with van der Waals surface area (Å²) in [5.74, 6) is 1.28. The van der Waals surface area contributed by atoms with Crippen molar-refractivity contribution in [1.29, 1.82) is 0 Å². The summed E-state index contributed by atoms with van der Waals surface area (Å²) in [6, 6.07) is 9.22. The van der Waals surface area contributed by atoms with Gasteiger partial charge in [0.2, 0.25) is 0 Å². The zero-order chi connectivity index (χ0) is 21.0. The molecule has 0 N–H and O–H groups in total. The molecule has 31 heavy (non-hydrogen) atoms. The van der Waals surface area contributed by atoms with Crippen molar-refractivity contribution >= 4 is 39.9 Å². The van der Waals surface area contributed by atoms with E-state index in [1.54, 1.807) is 20.3 Å². The number of hydrogen-bond donors (Lipinski definition) is 0. The molecule has 2 aliphatic rings. The predicted molar refractivity (Wildman–Crippen MR) is 120 cm³/mol. The maximum Gasteiger partial charge on any atom is 0.308 e. The van der Waals surface area contributed by atoms with Crippen molar-refractivity contribution in [3.63, 3.8) is 0 Å². The molecule has 3 aromatic carbocycles. The lowest BCUT2D eigenvalue weighted by Crippen LogP contribution is -2.37. The van der Waals surface area contributed by atoms with Gasteiger partial charge in [-0.3, -0.25) is 9.69 Å². The van der Waals surface area contributed by atoms with Gasteiger partial charge in [0.25, 0.3) is 0 Å². The topological polar surface area (TPSA) is 48.0 Å². The number of rotatable bonds is 3. The number of nitrogens with zero attached hydrogens (tertiary/aromatic N) is 1. The third-order valence-electron chi connectivity index (χ3n) is 6.40. The molecule has 1 fully saturated rings. The Labute approximate surface area is 186 Å². The number of methoxy groups -OCH3 is 2. The molecule has 164 valence electrons. The van der Waals surface area contributed by atoms with E-state index in [4.69, 9.17) is 14.2 Å². The second-order valence-corrected chi connectivity index (χ2v) is 8.03. The highest BCUT2D eigenvalue weighted by Gasteiger charge is 2.40. The summed E-state index contributed by atoms with van der Waals surface area (Å²) in [5.41, 5.74) is 1.76. The van der Waals surface area contributed by atoms with Crippen LogP contribution in [0.4, 0.5) is 4.39 Å². The zero-order valence-electron chi connectivity index (χ0n) is 17.7. The van der Waals surface area contributed by atoms with Crippen LogP contribution in [-0.4, -0.2) is 37.7 Å². The Morgan fingerprint density at radius 3 is 2.39 bits per heavy atom. The van der Waals surface area contributed by atoms with Gasteiger partial charge in [-0.05, 0) is 70.8 Å². The Kier molecular flexibility index (Phi) is 5.71. The van der Waals surface area contributed by atoms with Crippen molar-refractivity contribution in [1.82, 2.24) is 4.90 Å². The van der Waals surface area contributed by atoms with E-state index in [1.165, 1.54) is 6.92 Å². The van der Waals surface area contributed by atoms with E-state index < -0.39 is 6.17 Å². The van der Waals surface area contributed by atoms with Gasteiger partial charge in [0.15, 0.2) is 11.5 Å². The minimum Gasteiger partial charge on any atom is -0.493 e. The van der Waals surface area contributed by atoms with Crippen molar-refractivity contribution in [2.75, 3.05) is 20.8 Å². The van der Waals surface area contributed by atoms with Gasteiger partial charge >= 0.3 is 5.97 Å². The molecule has 0 radical (unpaired) electrons. The number of halogens is 2. The van der Waals surface area contributed by atoms with Crippen LogP contribution >= 0.6 is 12.4 Å². The van der Waals surface area contributed by atoms with E-state index in [0.717, 1.165) is 52.1 Å². The fraction of sp³-hybridized carbons (Fsp3) is 0.375. The van der Waals surface area contributed by atoms with E-state index in [2.05, 4.69) is 4.90 Å². The van der Waals surface area contributed by atoms with Gasteiger partial charge in [0.05, 0.1) is 14.2 Å². The molecule has 0 saturated carbocycles. The molecule has 5 nitrogen and oxygen atoms in total. The largest absolute Gasteiger partial charge is 0.493 e. The maximum absolute atomic E-state index is 15.8. The fourth-order valence-electron chi connectivity index (χ4n) is 5.13. The molecule has 1 saturated heterocycles. The molecule has 2 aliphatic heterocycles. The Balaban J connectivity index is 0.00000231. The first-order chi connectivity index (χ1) is 14.5. The van der Waals surface area contributed by atoms with Crippen LogP contribution in [0.25, 0.3) is 21.5 Å². The van der Waals surface area contributed by atoms with E-state index >= 15 is 4.39 Å². The van der Waals surface area contributed by atoms with Crippen molar-refractivity contribution < 1.29 is 23.4 Å². The minimum absolute atomic E-state index is 0. The molecule has 5 rings (SSSR count). The Hall–Kier alpha value is -2.57. The van der Waals surface area contributed by atoms with Gasteiger partial charge in [0.1, 0.15) is 11.9 Å². The molecule has 2 heterocycles. The molecule has 1 unspecified atom stereocenters. The summed E-state index contributed by atoms with van der Waals surface area (Å²) < 4.78 is 32.2. The van der Waals surface area contributed by atoms with Gasteiger partial charge in [-0.15, -0.1) is 12.4 Å². The molecule has 7 heteroatoms. The smallest absolute Gasteiger partial charge is 0.308 e. The minimum atomic E-state index is -1.06. The van der Waals surface area contributed by atoms with E-state index in [1.807, 2.05) is 24.3 Å². The predicted octanol–water partition coefficient (Wildman–Crippen LogP) is 5.35. The normalized spacial score (nSPS) is 20.1. The van der Waals surface area contributed by atoms with Gasteiger partial charge < -0.3 is 14.2 Å². The molecule has 0 aliphatic carbocycles. The Morgan fingerprint density at radius 1 is 1.03 bits per heavy atom.